The lowest BCUT2D eigenvalue weighted by atomic mass is 10.0. The number of carbonyl (C=O) groups is 2. The van der Waals surface area contributed by atoms with Gasteiger partial charge in [-0.05, 0) is 31.4 Å². The lowest BCUT2D eigenvalue weighted by Crippen LogP contribution is -2.51. The predicted octanol–water partition coefficient (Wildman–Crippen LogP) is 3.11. The Morgan fingerprint density at radius 2 is 1.65 bits per heavy atom. The van der Waals surface area contributed by atoms with Crippen LogP contribution < -0.4 is 14.8 Å². The summed E-state index contributed by atoms with van der Waals surface area (Å²) in [5.41, 5.74) is 0.399. The summed E-state index contributed by atoms with van der Waals surface area (Å²) in [4.78, 5) is 27.4. The number of unbranched alkanes of at least 4 members (excludes halogenated alkanes) is 1. The minimum atomic E-state index is -0.573. The Morgan fingerprint density at radius 3 is 2.08 bits per heavy atom. The number of hydrogen-bond acceptors (Lipinski definition) is 4. The molecule has 6 nitrogen and oxygen atoms in total. The van der Waals surface area contributed by atoms with Crippen molar-refractivity contribution in [1.82, 2.24) is 10.2 Å². The van der Waals surface area contributed by atoms with E-state index in [0.717, 1.165) is 12.8 Å². The zero-order valence-corrected chi connectivity index (χ0v) is 16.8. The maximum Gasteiger partial charge on any atom is 0.252 e. The molecular formula is C20H32N2O4. The number of hydrogen-bond donors (Lipinski definition) is 1. The van der Waals surface area contributed by atoms with Gasteiger partial charge < -0.3 is 19.7 Å². The van der Waals surface area contributed by atoms with Gasteiger partial charge in [-0.2, -0.15) is 0 Å². The summed E-state index contributed by atoms with van der Waals surface area (Å²) in [5.74, 6) is 0.676. The quantitative estimate of drug-likeness (QED) is 0.693. The summed E-state index contributed by atoms with van der Waals surface area (Å²) in [6, 6.07) is 4.39. The maximum absolute atomic E-state index is 12.9. The van der Waals surface area contributed by atoms with E-state index in [1.807, 2.05) is 20.8 Å². The average Bonchev–Trinajstić information content (AvgIpc) is 2.65. The molecule has 1 N–H and O–H groups in total. The van der Waals surface area contributed by atoms with Crippen LogP contribution >= 0.6 is 0 Å². The lowest BCUT2D eigenvalue weighted by Gasteiger charge is -2.29. The molecule has 1 atom stereocenters. The maximum atomic E-state index is 12.9. The summed E-state index contributed by atoms with van der Waals surface area (Å²) in [7, 11) is 3.06. The van der Waals surface area contributed by atoms with Gasteiger partial charge in [-0.1, -0.05) is 27.2 Å². The second-order valence-corrected chi connectivity index (χ2v) is 6.57. The Labute approximate surface area is 156 Å². The number of amides is 2. The molecule has 0 aliphatic carbocycles. The van der Waals surface area contributed by atoms with Crippen LogP contribution in [0.2, 0.25) is 0 Å². The first kappa shape index (κ1) is 21.8. The number of benzene rings is 1. The molecule has 0 spiro atoms. The third kappa shape index (κ3) is 5.93. The smallest absolute Gasteiger partial charge is 0.252 e. The van der Waals surface area contributed by atoms with Crippen molar-refractivity contribution in [3.05, 3.63) is 23.8 Å². The van der Waals surface area contributed by atoms with Crippen LogP contribution in [0.15, 0.2) is 18.2 Å². The largest absolute Gasteiger partial charge is 0.497 e. The molecule has 0 saturated carbocycles. The molecule has 1 unspecified atom stereocenters. The first-order valence-electron chi connectivity index (χ1n) is 9.20. The molecule has 26 heavy (non-hydrogen) atoms. The molecule has 6 heteroatoms. The van der Waals surface area contributed by atoms with E-state index >= 15 is 0 Å². The van der Waals surface area contributed by atoms with E-state index in [4.69, 9.17) is 9.47 Å². The number of likely N-dealkylation sites (N-methyl/N-ethyl adjacent to an activating group) is 1. The molecule has 0 aliphatic rings. The van der Waals surface area contributed by atoms with Crippen molar-refractivity contribution in [1.29, 1.82) is 0 Å². The van der Waals surface area contributed by atoms with E-state index in [1.165, 1.54) is 14.2 Å². The van der Waals surface area contributed by atoms with Gasteiger partial charge in [0, 0.05) is 24.7 Å². The molecule has 0 saturated heterocycles. The fourth-order valence-corrected chi connectivity index (χ4v) is 2.65. The monoisotopic (exact) mass is 364 g/mol. The summed E-state index contributed by atoms with van der Waals surface area (Å²) in [6.07, 6.45) is 1.97. The molecule has 2 amide bonds. The molecular weight excluding hydrogens is 332 g/mol. The van der Waals surface area contributed by atoms with Crippen LogP contribution in [-0.2, 0) is 4.79 Å². The second-order valence-electron chi connectivity index (χ2n) is 6.57. The Balaban J connectivity index is 2.99. The molecule has 0 aromatic heterocycles. The normalized spacial score (nSPS) is 11.8. The van der Waals surface area contributed by atoms with Gasteiger partial charge in [0.25, 0.3) is 5.91 Å². The Morgan fingerprint density at radius 1 is 1.08 bits per heavy atom. The van der Waals surface area contributed by atoms with Gasteiger partial charge in [-0.15, -0.1) is 0 Å². The topological polar surface area (TPSA) is 67.9 Å². The Bertz CT molecular complexity index is 579. The van der Waals surface area contributed by atoms with Gasteiger partial charge >= 0.3 is 0 Å². The van der Waals surface area contributed by atoms with E-state index < -0.39 is 6.04 Å². The predicted molar refractivity (Wildman–Crippen MR) is 103 cm³/mol. The third-order valence-electron chi connectivity index (χ3n) is 4.31. The Kier molecular flexibility index (Phi) is 8.96. The molecule has 0 aliphatic heterocycles. The molecule has 0 radical (unpaired) electrons. The molecule has 0 fully saturated rings. The lowest BCUT2D eigenvalue weighted by molar-refractivity contribution is -0.134. The first-order valence-corrected chi connectivity index (χ1v) is 9.20. The van der Waals surface area contributed by atoms with Gasteiger partial charge in [0.05, 0.1) is 14.2 Å². The minimum Gasteiger partial charge on any atom is -0.497 e. The van der Waals surface area contributed by atoms with Crippen molar-refractivity contribution in [3.63, 3.8) is 0 Å². The molecule has 146 valence electrons. The average molecular weight is 364 g/mol. The highest BCUT2D eigenvalue weighted by Crippen LogP contribution is 2.22. The molecule has 0 bridgehead atoms. The van der Waals surface area contributed by atoms with Gasteiger partial charge in [0.15, 0.2) is 0 Å². The molecule has 1 aromatic carbocycles. The van der Waals surface area contributed by atoms with Crippen molar-refractivity contribution in [2.24, 2.45) is 5.92 Å². The highest BCUT2D eigenvalue weighted by atomic mass is 16.5. The number of ether oxygens (including phenoxy) is 2. The second kappa shape index (κ2) is 10.7. The summed E-state index contributed by atoms with van der Waals surface area (Å²) in [5, 5.41) is 2.89. The van der Waals surface area contributed by atoms with Crippen LogP contribution in [0.3, 0.4) is 0 Å². The SMILES string of the molecule is CCCCN(CC)C(=O)C(NC(=O)c1cc(OC)cc(OC)c1)C(C)C. The Hall–Kier alpha value is -2.24. The zero-order chi connectivity index (χ0) is 19.7. The van der Waals surface area contributed by atoms with Crippen molar-refractivity contribution >= 4 is 11.8 Å². The van der Waals surface area contributed by atoms with Crippen molar-refractivity contribution < 1.29 is 19.1 Å². The molecule has 1 rings (SSSR count). The van der Waals surface area contributed by atoms with Crippen molar-refractivity contribution in [3.8, 4) is 11.5 Å². The zero-order valence-electron chi connectivity index (χ0n) is 16.8. The number of nitrogens with zero attached hydrogens (tertiary/aromatic N) is 1. The summed E-state index contributed by atoms with van der Waals surface area (Å²) in [6.45, 7) is 9.25. The van der Waals surface area contributed by atoms with Crippen LogP contribution in [0, 0.1) is 5.92 Å². The van der Waals surface area contributed by atoms with Crippen LogP contribution in [0.1, 0.15) is 50.9 Å². The van der Waals surface area contributed by atoms with E-state index in [-0.39, 0.29) is 17.7 Å². The van der Waals surface area contributed by atoms with E-state index in [0.29, 0.717) is 30.2 Å². The summed E-state index contributed by atoms with van der Waals surface area (Å²) < 4.78 is 10.4. The van der Waals surface area contributed by atoms with Gasteiger partial charge in [-0.25, -0.2) is 0 Å². The van der Waals surface area contributed by atoms with Crippen LogP contribution in [0.4, 0.5) is 0 Å². The molecule has 0 heterocycles. The van der Waals surface area contributed by atoms with Gasteiger partial charge in [0.1, 0.15) is 17.5 Å². The number of nitrogens with one attached hydrogen (secondary N) is 1. The highest BCUT2D eigenvalue weighted by molar-refractivity contribution is 5.98. The van der Waals surface area contributed by atoms with E-state index in [1.54, 1.807) is 23.1 Å². The summed E-state index contributed by atoms with van der Waals surface area (Å²) >= 11 is 0. The number of methoxy groups -OCH3 is 2. The fourth-order valence-electron chi connectivity index (χ4n) is 2.65. The molecule has 1 aromatic rings. The van der Waals surface area contributed by atoms with Crippen molar-refractivity contribution in [2.75, 3.05) is 27.3 Å². The minimum absolute atomic E-state index is 0.0189. The third-order valence-corrected chi connectivity index (χ3v) is 4.31. The van der Waals surface area contributed by atoms with Crippen LogP contribution in [-0.4, -0.2) is 50.1 Å². The van der Waals surface area contributed by atoms with E-state index in [9.17, 15) is 9.59 Å². The van der Waals surface area contributed by atoms with Gasteiger partial charge in [-0.3, -0.25) is 9.59 Å². The first-order chi connectivity index (χ1) is 12.4. The standard InChI is InChI=1S/C20H32N2O4/c1-7-9-10-22(8-2)20(24)18(14(3)4)21-19(23)15-11-16(25-5)13-17(12-15)26-6/h11-14,18H,7-10H2,1-6H3,(H,21,23). The van der Waals surface area contributed by atoms with E-state index in [2.05, 4.69) is 12.2 Å². The fraction of sp³-hybridized carbons (Fsp3) is 0.600. The van der Waals surface area contributed by atoms with Crippen LogP contribution in [0.25, 0.3) is 0 Å². The number of carbonyl (C=O) groups excluding carboxylic acids is 2. The number of rotatable bonds is 10. The highest BCUT2D eigenvalue weighted by Gasteiger charge is 2.28. The van der Waals surface area contributed by atoms with Crippen molar-refractivity contribution in [2.45, 2.75) is 46.6 Å². The van der Waals surface area contributed by atoms with Crippen LogP contribution in [0.5, 0.6) is 11.5 Å². The van der Waals surface area contributed by atoms with Gasteiger partial charge in [0.2, 0.25) is 5.91 Å².